The standard InChI is InChI=1S/C17H18N4OS/c1-9(2)16-20-21-17(23-16)19-15(22)13-8-12-7-10(3)5-6-14(12)18-11(13)4/h5-9H,1-4H3,(H,19,21,22). The predicted octanol–water partition coefficient (Wildman–Crippen LogP) is 4.08. The first-order valence-electron chi connectivity index (χ1n) is 7.47. The largest absolute Gasteiger partial charge is 0.296 e. The number of anilines is 1. The zero-order chi connectivity index (χ0) is 16.6. The molecule has 3 rings (SSSR count). The number of aryl methyl sites for hydroxylation is 2. The fraction of sp³-hybridized carbons (Fsp3) is 0.294. The van der Waals surface area contributed by atoms with E-state index < -0.39 is 0 Å². The van der Waals surface area contributed by atoms with Crippen molar-refractivity contribution in [3.8, 4) is 0 Å². The molecule has 0 aliphatic heterocycles. The van der Waals surface area contributed by atoms with Gasteiger partial charge in [-0.2, -0.15) is 0 Å². The van der Waals surface area contributed by atoms with Gasteiger partial charge in [0, 0.05) is 11.3 Å². The Morgan fingerprint density at radius 1 is 1.17 bits per heavy atom. The molecule has 0 saturated carbocycles. The fourth-order valence-corrected chi connectivity index (χ4v) is 3.05. The summed E-state index contributed by atoms with van der Waals surface area (Å²) in [6.07, 6.45) is 0. The van der Waals surface area contributed by atoms with Crippen LogP contribution in [0.2, 0.25) is 0 Å². The molecule has 2 aromatic heterocycles. The summed E-state index contributed by atoms with van der Waals surface area (Å²) in [4.78, 5) is 17.0. The lowest BCUT2D eigenvalue weighted by molar-refractivity contribution is 0.102. The monoisotopic (exact) mass is 326 g/mol. The molecule has 0 fully saturated rings. The normalized spacial score (nSPS) is 11.2. The summed E-state index contributed by atoms with van der Waals surface area (Å²) >= 11 is 1.40. The molecule has 0 radical (unpaired) electrons. The molecule has 0 aliphatic rings. The number of pyridine rings is 1. The van der Waals surface area contributed by atoms with Crippen molar-refractivity contribution >= 4 is 33.3 Å². The molecule has 0 saturated heterocycles. The maximum Gasteiger partial charge on any atom is 0.259 e. The lowest BCUT2D eigenvalue weighted by atomic mass is 10.1. The Hall–Kier alpha value is -2.34. The van der Waals surface area contributed by atoms with Crippen LogP contribution in [-0.4, -0.2) is 21.1 Å². The highest BCUT2D eigenvalue weighted by atomic mass is 32.1. The van der Waals surface area contributed by atoms with Crippen molar-refractivity contribution in [1.29, 1.82) is 0 Å². The van der Waals surface area contributed by atoms with Crippen molar-refractivity contribution in [2.45, 2.75) is 33.6 Å². The van der Waals surface area contributed by atoms with Gasteiger partial charge >= 0.3 is 0 Å². The van der Waals surface area contributed by atoms with E-state index in [2.05, 4.69) is 20.5 Å². The van der Waals surface area contributed by atoms with Crippen LogP contribution < -0.4 is 5.32 Å². The summed E-state index contributed by atoms with van der Waals surface area (Å²) in [5, 5.41) is 13.3. The van der Waals surface area contributed by atoms with Gasteiger partial charge in [-0.15, -0.1) is 10.2 Å². The summed E-state index contributed by atoms with van der Waals surface area (Å²) < 4.78 is 0. The summed E-state index contributed by atoms with van der Waals surface area (Å²) in [6, 6.07) is 7.90. The number of hydrogen-bond acceptors (Lipinski definition) is 5. The van der Waals surface area contributed by atoms with E-state index in [1.54, 1.807) is 0 Å². The van der Waals surface area contributed by atoms with E-state index in [4.69, 9.17) is 0 Å². The van der Waals surface area contributed by atoms with E-state index in [1.165, 1.54) is 11.3 Å². The van der Waals surface area contributed by atoms with E-state index in [1.807, 2.05) is 52.0 Å². The van der Waals surface area contributed by atoms with Crippen molar-refractivity contribution in [2.75, 3.05) is 5.32 Å². The van der Waals surface area contributed by atoms with E-state index in [9.17, 15) is 4.79 Å². The molecule has 5 nitrogen and oxygen atoms in total. The van der Waals surface area contributed by atoms with Crippen LogP contribution in [0.1, 0.15) is 46.4 Å². The van der Waals surface area contributed by atoms with Crippen LogP contribution in [0.3, 0.4) is 0 Å². The number of aromatic nitrogens is 3. The van der Waals surface area contributed by atoms with Crippen molar-refractivity contribution in [1.82, 2.24) is 15.2 Å². The summed E-state index contributed by atoms with van der Waals surface area (Å²) in [6.45, 7) is 7.96. The van der Waals surface area contributed by atoms with Crippen LogP contribution in [0.15, 0.2) is 24.3 Å². The van der Waals surface area contributed by atoms with Gasteiger partial charge in [-0.05, 0) is 32.0 Å². The molecule has 6 heteroatoms. The Balaban J connectivity index is 1.91. The van der Waals surface area contributed by atoms with Gasteiger partial charge in [0.25, 0.3) is 5.91 Å². The smallest absolute Gasteiger partial charge is 0.259 e. The first-order valence-corrected chi connectivity index (χ1v) is 8.28. The third-order valence-corrected chi connectivity index (χ3v) is 4.70. The number of carbonyl (C=O) groups is 1. The Kier molecular flexibility index (Phi) is 4.09. The molecule has 118 valence electrons. The number of nitrogens with one attached hydrogen (secondary N) is 1. The third kappa shape index (κ3) is 3.22. The van der Waals surface area contributed by atoms with Crippen molar-refractivity contribution in [2.24, 2.45) is 0 Å². The van der Waals surface area contributed by atoms with Gasteiger partial charge < -0.3 is 0 Å². The number of carbonyl (C=O) groups excluding carboxylic acids is 1. The van der Waals surface area contributed by atoms with E-state index in [-0.39, 0.29) is 5.91 Å². The molecule has 0 bridgehead atoms. The topological polar surface area (TPSA) is 67.8 Å². The first-order chi connectivity index (χ1) is 10.9. The van der Waals surface area contributed by atoms with Crippen LogP contribution in [0.25, 0.3) is 10.9 Å². The van der Waals surface area contributed by atoms with E-state index >= 15 is 0 Å². The summed E-state index contributed by atoms with van der Waals surface area (Å²) in [5.74, 6) is 0.0926. The molecule has 2 heterocycles. The van der Waals surface area contributed by atoms with E-state index in [0.29, 0.717) is 22.3 Å². The predicted molar refractivity (Wildman–Crippen MR) is 93.2 cm³/mol. The van der Waals surface area contributed by atoms with Gasteiger partial charge in [0.2, 0.25) is 5.13 Å². The Morgan fingerprint density at radius 2 is 1.96 bits per heavy atom. The second-order valence-electron chi connectivity index (χ2n) is 5.87. The van der Waals surface area contributed by atoms with Crippen molar-refractivity contribution < 1.29 is 4.79 Å². The molecular formula is C17H18N4OS. The second kappa shape index (κ2) is 6.04. The van der Waals surface area contributed by atoms with Gasteiger partial charge in [-0.3, -0.25) is 15.1 Å². The van der Waals surface area contributed by atoms with Crippen molar-refractivity contribution in [3.63, 3.8) is 0 Å². The average molecular weight is 326 g/mol. The zero-order valence-electron chi connectivity index (χ0n) is 13.5. The lowest BCUT2D eigenvalue weighted by Gasteiger charge is -2.07. The number of amides is 1. The van der Waals surface area contributed by atoms with Gasteiger partial charge in [-0.1, -0.05) is 36.8 Å². The Labute approximate surface area is 138 Å². The summed E-state index contributed by atoms with van der Waals surface area (Å²) in [7, 11) is 0. The van der Waals surface area contributed by atoms with Gasteiger partial charge in [0.15, 0.2) is 0 Å². The van der Waals surface area contributed by atoms with Crippen LogP contribution in [0.4, 0.5) is 5.13 Å². The number of rotatable bonds is 3. The quantitative estimate of drug-likeness (QED) is 0.787. The molecule has 1 aromatic carbocycles. The second-order valence-corrected chi connectivity index (χ2v) is 6.88. The minimum atomic E-state index is -0.204. The fourth-order valence-electron chi connectivity index (χ4n) is 2.30. The number of hydrogen-bond donors (Lipinski definition) is 1. The molecule has 3 aromatic rings. The number of nitrogens with zero attached hydrogens (tertiary/aromatic N) is 3. The summed E-state index contributed by atoms with van der Waals surface area (Å²) in [5.41, 5.74) is 3.29. The lowest BCUT2D eigenvalue weighted by Crippen LogP contribution is -2.14. The first kappa shape index (κ1) is 15.6. The van der Waals surface area contributed by atoms with Gasteiger partial charge in [0.1, 0.15) is 5.01 Å². The van der Waals surface area contributed by atoms with Gasteiger partial charge in [0.05, 0.1) is 16.8 Å². The molecule has 23 heavy (non-hydrogen) atoms. The van der Waals surface area contributed by atoms with Crippen molar-refractivity contribution in [3.05, 3.63) is 46.1 Å². The van der Waals surface area contributed by atoms with Gasteiger partial charge in [-0.25, -0.2) is 0 Å². The van der Waals surface area contributed by atoms with Crippen LogP contribution in [-0.2, 0) is 0 Å². The van der Waals surface area contributed by atoms with Crippen LogP contribution in [0, 0.1) is 13.8 Å². The maximum absolute atomic E-state index is 12.5. The van der Waals surface area contributed by atoms with E-state index in [0.717, 1.165) is 21.5 Å². The molecule has 0 unspecified atom stereocenters. The maximum atomic E-state index is 12.5. The Morgan fingerprint density at radius 3 is 2.65 bits per heavy atom. The minimum Gasteiger partial charge on any atom is -0.296 e. The molecule has 1 amide bonds. The highest BCUT2D eigenvalue weighted by Gasteiger charge is 2.15. The highest BCUT2D eigenvalue weighted by Crippen LogP contribution is 2.24. The molecule has 0 aliphatic carbocycles. The zero-order valence-corrected chi connectivity index (χ0v) is 14.4. The average Bonchev–Trinajstić information content (AvgIpc) is 2.95. The molecule has 0 atom stereocenters. The molecule has 1 N–H and O–H groups in total. The Bertz CT molecular complexity index is 885. The molecule has 0 spiro atoms. The SMILES string of the molecule is Cc1ccc2nc(C)c(C(=O)Nc3nnc(C(C)C)s3)cc2c1. The highest BCUT2D eigenvalue weighted by molar-refractivity contribution is 7.15. The van der Waals surface area contributed by atoms with Crippen LogP contribution in [0.5, 0.6) is 0 Å². The third-order valence-electron chi connectivity index (χ3n) is 3.56. The number of benzene rings is 1. The molecular weight excluding hydrogens is 308 g/mol. The minimum absolute atomic E-state index is 0.204. The van der Waals surface area contributed by atoms with Crippen LogP contribution >= 0.6 is 11.3 Å². The number of fused-ring (bicyclic) bond motifs is 1.